The zero-order chi connectivity index (χ0) is 9.14. The van der Waals surface area contributed by atoms with Crippen LogP contribution in [0.5, 0.6) is 0 Å². The van der Waals surface area contributed by atoms with E-state index in [4.69, 9.17) is 0 Å². The molecule has 1 nitrogen and oxygen atoms in total. The van der Waals surface area contributed by atoms with Gasteiger partial charge in [0.1, 0.15) is 11.6 Å². The van der Waals surface area contributed by atoms with Crippen LogP contribution >= 0.6 is 0 Å². The van der Waals surface area contributed by atoms with E-state index < -0.39 is 17.7 Å². The zero-order valence-electron chi connectivity index (χ0n) is 6.72. The second-order valence-corrected chi connectivity index (χ2v) is 2.59. The zero-order valence-corrected chi connectivity index (χ0v) is 6.72. The van der Waals surface area contributed by atoms with Crippen LogP contribution in [0.1, 0.15) is 25.0 Å². The molecule has 1 rings (SSSR count). The predicted octanol–water partition coefficient (Wildman–Crippen LogP) is 2.41. The Hall–Kier alpha value is -0.960. The summed E-state index contributed by atoms with van der Waals surface area (Å²) in [5.41, 5.74) is 0.0255. The van der Waals surface area contributed by atoms with Crippen molar-refractivity contribution < 1.29 is 13.9 Å². The summed E-state index contributed by atoms with van der Waals surface area (Å²) in [6, 6.07) is 3.06. The summed E-state index contributed by atoms with van der Waals surface area (Å²) >= 11 is 0. The summed E-state index contributed by atoms with van der Waals surface area (Å²) in [5, 5.41) is 9.23. The minimum absolute atomic E-state index is 0.0255. The van der Waals surface area contributed by atoms with Gasteiger partial charge in [0.05, 0.1) is 6.10 Å². The Labute approximate surface area is 69.7 Å². The third-order valence-corrected chi connectivity index (χ3v) is 1.70. The van der Waals surface area contributed by atoms with Crippen LogP contribution in [0.25, 0.3) is 0 Å². The van der Waals surface area contributed by atoms with E-state index in [9.17, 15) is 13.9 Å². The topological polar surface area (TPSA) is 20.2 Å². The quantitative estimate of drug-likeness (QED) is 0.726. The molecule has 3 heteroatoms. The molecule has 0 aliphatic heterocycles. The van der Waals surface area contributed by atoms with E-state index in [1.165, 1.54) is 0 Å². The van der Waals surface area contributed by atoms with Gasteiger partial charge in [0, 0.05) is 5.56 Å². The normalized spacial score (nSPS) is 13.0. The van der Waals surface area contributed by atoms with Crippen molar-refractivity contribution in [1.29, 1.82) is 0 Å². The fraction of sp³-hybridized carbons (Fsp3) is 0.333. The fourth-order valence-corrected chi connectivity index (χ4v) is 0.990. The third-order valence-electron chi connectivity index (χ3n) is 1.70. The van der Waals surface area contributed by atoms with Gasteiger partial charge in [-0.05, 0) is 24.6 Å². The van der Waals surface area contributed by atoms with Gasteiger partial charge in [-0.3, -0.25) is 0 Å². The van der Waals surface area contributed by atoms with Crippen molar-refractivity contribution in [2.24, 2.45) is 0 Å². The lowest BCUT2D eigenvalue weighted by Gasteiger charge is -2.08. The first-order chi connectivity index (χ1) is 5.65. The molecule has 0 heterocycles. The molecule has 0 aliphatic rings. The Morgan fingerprint density at radius 3 is 2.67 bits per heavy atom. The highest BCUT2D eigenvalue weighted by Crippen LogP contribution is 2.20. The van der Waals surface area contributed by atoms with E-state index >= 15 is 0 Å². The summed E-state index contributed by atoms with van der Waals surface area (Å²) in [7, 11) is 0. The molecule has 66 valence electrons. The van der Waals surface area contributed by atoms with Gasteiger partial charge in [0.15, 0.2) is 0 Å². The van der Waals surface area contributed by atoms with E-state index in [1.54, 1.807) is 6.92 Å². The predicted molar refractivity (Wildman–Crippen MR) is 41.6 cm³/mol. The summed E-state index contributed by atoms with van der Waals surface area (Å²) in [5.74, 6) is -1.09. The lowest BCUT2D eigenvalue weighted by Crippen LogP contribution is -1.99. The highest BCUT2D eigenvalue weighted by atomic mass is 19.1. The van der Waals surface area contributed by atoms with Crippen molar-refractivity contribution in [3.05, 3.63) is 35.4 Å². The van der Waals surface area contributed by atoms with Gasteiger partial charge in [-0.15, -0.1) is 0 Å². The number of hydrogen-bond donors (Lipinski definition) is 1. The van der Waals surface area contributed by atoms with Crippen LogP contribution in [-0.2, 0) is 0 Å². The number of hydrogen-bond acceptors (Lipinski definition) is 1. The van der Waals surface area contributed by atoms with E-state index in [0.29, 0.717) is 6.42 Å². The van der Waals surface area contributed by atoms with Crippen LogP contribution in [0.2, 0.25) is 0 Å². The van der Waals surface area contributed by atoms with Crippen molar-refractivity contribution in [3.63, 3.8) is 0 Å². The van der Waals surface area contributed by atoms with Gasteiger partial charge in [-0.2, -0.15) is 0 Å². The molecule has 0 aromatic heterocycles. The van der Waals surface area contributed by atoms with Crippen LogP contribution < -0.4 is 0 Å². The molecule has 0 radical (unpaired) electrons. The van der Waals surface area contributed by atoms with E-state index in [0.717, 1.165) is 18.2 Å². The van der Waals surface area contributed by atoms with Crippen LogP contribution in [0.15, 0.2) is 18.2 Å². The molecule has 0 saturated carbocycles. The van der Waals surface area contributed by atoms with Crippen molar-refractivity contribution in [3.8, 4) is 0 Å². The SMILES string of the molecule is CC[C@@H](O)c1cc(F)ccc1F. The number of aliphatic hydroxyl groups is 1. The van der Waals surface area contributed by atoms with Gasteiger partial charge in [-0.25, -0.2) is 8.78 Å². The lowest BCUT2D eigenvalue weighted by atomic mass is 10.1. The number of rotatable bonds is 2. The van der Waals surface area contributed by atoms with E-state index in [2.05, 4.69) is 0 Å². The summed E-state index contributed by atoms with van der Waals surface area (Å²) in [6.07, 6.45) is -0.541. The van der Waals surface area contributed by atoms with E-state index in [-0.39, 0.29) is 5.56 Å². The maximum Gasteiger partial charge on any atom is 0.129 e. The standard InChI is InChI=1S/C9H10F2O/c1-2-9(12)7-5-6(10)3-4-8(7)11/h3-5,9,12H,2H2,1H3/t9-/m1/s1. The maximum absolute atomic E-state index is 12.9. The average molecular weight is 172 g/mol. The number of benzene rings is 1. The molecular weight excluding hydrogens is 162 g/mol. The van der Waals surface area contributed by atoms with E-state index in [1.807, 2.05) is 0 Å². The minimum atomic E-state index is -0.916. The molecule has 0 unspecified atom stereocenters. The smallest absolute Gasteiger partial charge is 0.129 e. The summed E-state index contributed by atoms with van der Waals surface area (Å²) < 4.78 is 25.4. The number of aliphatic hydroxyl groups excluding tert-OH is 1. The third kappa shape index (κ3) is 1.80. The highest BCUT2D eigenvalue weighted by molar-refractivity contribution is 5.20. The molecule has 0 amide bonds. The molecule has 0 spiro atoms. The molecule has 1 aromatic rings. The maximum atomic E-state index is 12.9. The Morgan fingerprint density at radius 1 is 1.42 bits per heavy atom. The van der Waals surface area contributed by atoms with Crippen molar-refractivity contribution in [1.82, 2.24) is 0 Å². The van der Waals surface area contributed by atoms with Crippen LogP contribution in [0, 0.1) is 11.6 Å². The first-order valence-corrected chi connectivity index (χ1v) is 3.78. The highest BCUT2D eigenvalue weighted by Gasteiger charge is 2.10. The van der Waals surface area contributed by atoms with Crippen molar-refractivity contribution in [2.75, 3.05) is 0 Å². The molecule has 1 atom stereocenters. The average Bonchev–Trinajstić information content (AvgIpc) is 2.08. The van der Waals surface area contributed by atoms with Gasteiger partial charge in [0.2, 0.25) is 0 Å². The van der Waals surface area contributed by atoms with Gasteiger partial charge >= 0.3 is 0 Å². The van der Waals surface area contributed by atoms with Crippen LogP contribution in [0.3, 0.4) is 0 Å². The summed E-state index contributed by atoms with van der Waals surface area (Å²) in [4.78, 5) is 0. The molecule has 0 bridgehead atoms. The molecule has 0 fully saturated rings. The fourth-order valence-electron chi connectivity index (χ4n) is 0.990. The largest absolute Gasteiger partial charge is 0.388 e. The molecular formula is C9H10F2O. The Kier molecular flexibility index (Phi) is 2.76. The van der Waals surface area contributed by atoms with Gasteiger partial charge < -0.3 is 5.11 Å². The molecule has 0 saturated heterocycles. The monoisotopic (exact) mass is 172 g/mol. The first-order valence-electron chi connectivity index (χ1n) is 3.78. The van der Waals surface area contributed by atoms with Crippen LogP contribution in [0.4, 0.5) is 8.78 Å². The van der Waals surface area contributed by atoms with Crippen molar-refractivity contribution >= 4 is 0 Å². The van der Waals surface area contributed by atoms with Crippen LogP contribution in [-0.4, -0.2) is 5.11 Å². The van der Waals surface area contributed by atoms with Crippen molar-refractivity contribution in [2.45, 2.75) is 19.4 Å². The minimum Gasteiger partial charge on any atom is -0.388 e. The Morgan fingerprint density at radius 2 is 2.08 bits per heavy atom. The molecule has 0 aliphatic carbocycles. The van der Waals surface area contributed by atoms with Gasteiger partial charge in [-0.1, -0.05) is 6.92 Å². The molecule has 1 aromatic carbocycles. The number of halogens is 2. The Bertz CT molecular complexity index is 273. The Balaban J connectivity index is 3.04. The summed E-state index contributed by atoms with van der Waals surface area (Å²) in [6.45, 7) is 1.70. The molecule has 1 N–H and O–H groups in total. The second kappa shape index (κ2) is 3.63. The van der Waals surface area contributed by atoms with Gasteiger partial charge in [0.25, 0.3) is 0 Å². The molecule has 12 heavy (non-hydrogen) atoms. The second-order valence-electron chi connectivity index (χ2n) is 2.59. The lowest BCUT2D eigenvalue weighted by molar-refractivity contribution is 0.168. The first kappa shape index (κ1) is 9.13.